The van der Waals surface area contributed by atoms with Gasteiger partial charge in [-0.05, 0) is 33.3 Å². The zero-order valence-electron chi connectivity index (χ0n) is 11.6. The third-order valence-corrected chi connectivity index (χ3v) is 3.17. The van der Waals surface area contributed by atoms with Crippen LogP contribution in [0.5, 0.6) is 0 Å². The van der Waals surface area contributed by atoms with Crippen molar-refractivity contribution >= 4 is 0 Å². The summed E-state index contributed by atoms with van der Waals surface area (Å²) in [6.07, 6.45) is 0.0167. The Bertz CT molecular complexity index is 384. The second kappa shape index (κ2) is 5.00. The fourth-order valence-electron chi connectivity index (χ4n) is 2.07. The molecule has 0 N–H and O–H groups in total. The van der Waals surface area contributed by atoms with Gasteiger partial charge in [0, 0.05) is 0 Å². The number of ether oxygens (including phenoxy) is 3. The molecular formula is C15H22O3. The fraction of sp³-hybridized carbons (Fsp3) is 0.600. The fourth-order valence-corrected chi connectivity index (χ4v) is 2.07. The molecule has 18 heavy (non-hydrogen) atoms. The Morgan fingerprint density at radius 3 is 2.50 bits per heavy atom. The van der Waals surface area contributed by atoms with Gasteiger partial charge in [0.15, 0.2) is 5.79 Å². The highest BCUT2D eigenvalue weighted by Gasteiger charge is 2.34. The molecule has 0 amide bonds. The van der Waals surface area contributed by atoms with Crippen molar-refractivity contribution in [3.05, 3.63) is 35.9 Å². The van der Waals surface area contributed by atoms with Gasteiger partial charge in [-0.15, -0.1) is 0 Å². The van der Waals surface area contributed by atoms with Crippen molar-refractivity contribution in [2.75, 3.05) is 13.2 Å². The number of benzene rings is 1. The molecule has 3 heteroatoms. The van der Waals surface area contributed by atoms with Crippen molar-refractivity contribution in [3.8, 4) is 0 Å². The molecule has 1 atom stereocenters. The molecule has 0 bridgehead atoms. The summed E-state index contributed by atoms with van der Waals surface area (Å²) in [5, 5.41) is 0. The second-order valence-corrected chi connectivity index (χ2v) is 5.64. The van der Waals surface area contributed by atoms with Gasteiger partial charge in [0.05, 0.1) is 18.8 Å². The summed E-state index contributed by atoms with van der Waals surface area (Å²) in [5.41, 5.74) is 0.861. The van der Waals surface area contributed by atoms with E-state index in [1.165, 1.54) is 5.56 Å². The van der Waals surface area contributed by atoms with Crippen molar-refractivity contribution in [2.24, 2.45) is 0 Å². The molecule has 1 aliphatic heterocycles. The molecule has 100 valence electrons. The predicted molar refractivity (Wildman–Crippen MR) is 70.3 cm³/mol. The van der Waals surface area contributed by atoms with E-state index in [9.17, 15) is 0 Å². The highest BCUT2D eigenvalue weighted by Crippen LogP contribution is 2.27. The average Bonchev–Trinajstić information content (AvgIpc) is 2.68. The molecule has 0 aromatic heterocycles. The molecule has 0 aliphatic carbocycles. The molecule has 2 rings (SSSR count). The van der Waals surface area contributed by atoms with E-state index in [0.29, 0.717) is 13.2 Å². The molecule has 3 nitrogen and oxygen atoms in total. The van der Waals surface area contributed by atoms with E-state index < -0.39 is 5.79 Å². The lowest BCUT2D eigenvalue weighted by molar-refractivity contribution is -0.153. The molecule has 0 saturated carbocycles. The second-order valence-electron chi connectivity index (χ2n) is 5.64. The molecule has 1 heterocycles. The van der Waals surface area contributed by atoms with Crippen LogP contribution in [-0.2, 0) is 19.8 Å². The largest absolute Gasteiger partial charge is 0.368 e. The van der Waals surface area contributed by atoms with E-state index in [1.807, 2.05) is 32.0 Å². The summed E-state index contributed by atoms with van der Waals surface area (Å²) in [6.45, 7) is 9.14. The normalized spacial score (nSPS) is 23.2. The van der Waals surface area contributed by atoms with Crippen LogP contribution in [-0.4, -0.2) is 25.1 Å². The predicted octanol–water partition coefficient (Wildman–Crippen LogP) is 3.09. The Morgan fingerprint density at radius 2 is 1.94 bits per heavy atom. The molecule has 1 fully saturated rings. The molecular weight excluding hydrogens is 228 g/mol. The van der Waals surface area contributed by atoms with Crippen LogP contribution >= 0.6 is 0 Å². The van der Waals surface area contributed by atoms with Gasteiger partial charge >= 0.3 is 0 Å². The molecule has 1 aliphatic rings. The minimum Gasteiger partial charge on any atom is -0.368 e. The van der Waals surface area contributed by atoms with Gasteiger partial charge in [-0.1, -0.05) is 30.3 Å². The summed E-state index contributed by atoms with van der Waals surface area (Å²) >= 11 is 0. The summed E-state index contributed by atoms with van der Waals surface area (Å²) in [5.74, 6) is -0.481. The number of rotatable bonds is 4. The van der Waals surface area contributed by atoms with Gasteiger partial charge in [-0.25, -0.2) is 0 Å². The first-order chi connectivity index (χ1) is 8.39. The molecule has 1 saturated heterocycles. The zero-order chi connectivity index (χ0) is 13.2. The SMILES string of the molecule is CC1(C)OC[C@H](COC(C)(C)c2ccccc2)O1. The average molecular weight is 250 g/mol. The lowest BCUT2D eigenvalue weighted by atomic mass is 9.98. The topological polar surface area (TPSA) is 27.7 Å². The zero-order valence-corrected chi connectivity index (χ0v) is 11.6. The Balaban J connectivity index is 1.90. The van der Waals surface area contributed by atoms with Crippen molar-refractivity contribution in [1.82, 2.24) is 0 Å². The van der Waals surface area contributed by atoms with Crippen molar-refractivity contribution < 1.29 is 14.2 Å². The van der Waals surface area contributed by atoms with Gasteiger partial charge in [-0.2, -0.15) is 0 Å². The summed E-state index contributed by atoms with van der Waals surface area (Å²) < 4.78 is 17.2. The quantitative estimate of drug-likeness (QED) is 0.822. The van der Waals surface area contributed by atoms with E-state index in [0.717, 1.165) is 0 Å². The van der Waals surface area contributed by atoms with Crippen molar-refractivity contribution in [2.45, 2.75) is 45.2 Å². The Kier molecular flexibility index (Phi) is 3.76. The summed E-state index contributed by atoms with van der Waals surface area (Å²) in [6, 6.07) is 10.2. The van der Waals surface area contributed by atoms with Crippen molar-refractivity contribution in [3.63, 3.8) is 0 Å². The first kappa shape index (κ1) is 13.5. The van der Waals surface area contributed by atoms with Gasteiger partial charge in [0.2, 0.25) is 0 Å². The third kappa shape index (κ3) is 3.31. The maximum absolute atomic E-state index is 5.99. The standard InChI is InChI=1S/C15H22O3/c1-14(2,12-8-6-5-7-9-12)16-10-13-11-17-15(3,4)18-13/h5-9,13H,10-11H2,1-4H3/t13-/m0/s1. The molecule has 0 unspecified atom stereocenters. The first-order valence-corrected chi connectivity index (χ1v) is 6.40. The highest BCUT2D eigenvalue weighted by atomic mass is 16.7. The minimum absolute atomic E-state index is 0.0167. The Hall–Kier alpha value is -0.900. The number of hydrogen-bond donors (Lipinski definition) is 0. The third-order valence-electron chi connectivity index (χ3n) is 3.17. The number of hydrogen-bond acceptors (Lipinski definition) is 3. The van der Waals surface area contributed by atoms with E-state index >= 15 is 0 Å². The lowest BCUT2D eigenvalue weighted by Crippen LogP contribution is -2.29. The van der Waals surface area contributed by atoms with Crippen LogP contribution in [0.4, 0.5) is 0 Å². The smallest absolute Gasteiger partial charge is 0.163 e. The highest BCUT2D eigenvalue weighted by molar-refractivity contribution is 5.20. The Morgan fingerprint density at radius 1 is 1.28 bits per heavy atom. The van der Waals surface area contributed by atoms with E-state index in [2.05, 4.69) is 26.0 Å². The molecule has 0 spiro atoms. The molecule has 1 aromatic rings. The van der Waals surface area contributed by atoms with Crippen molar-refractivity contribution in [1.29, 1.82) is 0 Å². The maximum atomic E-state index is 5.99. The Labute approximate surface area is 109 Å². The van der Waals surface area contributed by atoms with Gasteiger partial charge in [0.25, 0.3) is 0 Å². The van der Waals surface area contributed by atoms with Crippen LogP contribution in [0.25, 0.3) is 0 Å². The molecule has 0 radical (unpaired) electrons. The van der Waals surface area contributed by atoms with Gasteiger partial charge < -0.3 is 14.2 Å². The van der Waals surface area contributed by atoms with E-state index in [1.54, 1.807) is 0 Å². The van der Waals surface area contributed by atoms with Crippen LogP contribution in [0.3, 0.4) is 0 Å². The summed E-state index contributed by atoms with van der Waals surface area (Å²) in [7, 11) is 0. The maximum Gasteiger partial charge on any atom is 0.163 e. The van der Waals surface area contributed by atoms with Crippen LogP contribution in [0, 0.1) is 0 Å². The van der Waals surface area contributed by atoms with Gasteiger partial charge in [0.1, 0.15) is 6.10 Å². The van der Waals surface area contributed by atoms with Crippen LogP contribution in [0.2, 0.25) is 0 Å². The minimum atomic E-state index is -0.481. The van der Waals surface area contributed by atoms with Crippen LogP contribution in [0.1, 0.15) is 33.3 Å². The van der Waals surface area contributed by atoms with Gasteiger partial charge in [-0.3, -0.25) is 0 Å². The molecule has 1 aromatic carbocycles. The van der Waals surface area contributed by atoms with Crippen LogP contribution < -0.4 is 0 Å². The van der Waals surface area contributed by atoms with E-state index in [4.69, 9.17) is 14.2 Å². The summed E-state index contributed by atoms with van der Waals surface area (Å²) in [4.78, 5) is 0. The lowest BCUT2D eigenvalue weighted by Gasteiger charge is -2.27. The monoisotopic (exact) mass is 250 g/mol. The van der Waals surface area contributed by atoms with Crippen LogP contribution in [0.15, 0.2) is 30.3 Å². The first-order valence-electron chi connectivity index (χ1n) is 6.40. The van der Waals surface area contributed by atoms with E-state index in [-0.39, 0.29) is 11.7 Å².